The number of hydrogen-bond acceptors (Lipinski definition) is 7. The van der Waals surface area contributed by atoms with Crippen LogP contribution in [0.3, 0.4) is 0 Å². The van der Waals surface area contributed by atoms with Crippen LogP contribution < -0.4 is 18.9 Å². The average molecular weight is 594 g/mol. The van der Waals surface area contributed by atoms with E-state index in [1.807, 2.05) is 12.1 Å². The molecule has 2 aromatic heterocycles. The molecule has 7 rings (SSSR count). The fourth-order valence-corrected chi connectivity index (χ4v) is 6.62. The predicted octanol–water partition coefficient (Wildman–Crippen LogP) is 8.05. The summed E-state index contributed by atoms with van der Waals surface area (Å²) in [5.74, 6) is 4.22. The molecular formula is C35H35N3O4S. The van der Waals surface area contributed by atoms with Crippen molar-refractivity contribution in [2.75, 3.05) is 13.6 Å². The molecule has 0 unspecified atom stereocenters. The Bertz CT molecular complexity index is 1670. The van der Waals surface area contributed by atoms with Gasteiger partial charge in [0, 0.05) is 36.6 Å². The fourth-order valence-electron chi connectivity index (χ4n) is 5.75. The monoisotopic (exact) mass is 593 g/mol. The molecule has 0 saturated heterocycles. The van der Waals surface area contributed by atoms with Crippen molar-refractivity contribution in [3.8, 4) is 45.0 Å². The van der Waals surface area contributed by atoms with E-state index in [-0.39, 0.29) is 13.6 Å². The van der Waals surface area contributed by atoms with E-state index in [2.05, 4.69) is 90.0 Å². The van der Waals surface area contributed by atoms with Gasteiger partial charge in [-0.2, -0.15) is 0 Å². The molecule has 0 saturated carbocycles. The van der Waals surface area contributed by atoms with Gasteiger partial charge >= 0.3 is 0 Å². The lowest BCUT2D eigenvalue weighted by Gasteiger charge is -2.25. The standard InChI is InChI=1S/C35H35N3O4S/c1-3-4-16-38-28(34(33-15-10-24(2)43-33)36-35(38)27-8-6-5-7-9-27)21-37(19-25-11-13-29-31(17-25)41-22-39-29)20-26-12-14-30-32(18-26)42-23-40-30/h5-15,17-18H,3-4,16,19-23H2,1-2H3. The summed E-state index contributed by atoms with van der Waals surface area (Å²) in [6.07, 6.45) is 2.19. The minimum atomic E-state index is 0.266. The third-order valence-corrected chi connectivity index (χ3v) is 8.88. The Morgan fingerprint density at radius 1 is 0.767 bits per heavy atom. The highest BCUT2D eigenvalue weighted by Gasteiger charge is 2.24. The largest absolute Gasteiger partial charge is 0.454 e. The minimum Gasteiger partial charge on any atom is -0.454 e. The Hall–Kier alpha value is -4.27. The van der Waals surface area contributed by atoms with Gasteiger partial charge in [-0.15, -0.1) is 11.3 Å². The van der Waals surface area contributed by atoms with Crippen LogP contribution in [0.25, 0.3) is 22.0 Å². The Kier molecular flexibility index (Phi) is 7.79. The van der Waals surface area contributed by atoms with Gasteiger partial charge in [0.15, 0.2) is 23.0 Å². The van der Waals surface area contributed by atoms with E-state index >= 15 is 0 Å². The van der Waals surface area contributed by atoms with Gasteiger partial charge in [0.1, 0.15) is 11.5 Å². The van der Waals surface area contributed by atoms with Crippen LogP contribution in [0.1, 0.15) is 41.5 Å². The highest BCUT2D eigenvalue weighted by atomic mass is 32.1. The van der Waals surface area contributed by atoms with Gasteiger partial charge in [-0.05, 0) is 60.9 Å². The molecular weight excluding hydrogens is 558 g/mol. The molecule has 43 heavy (non-hydrogen) atoms. The van der Waals surface area contributed by atoms with Crippen molar-refractivity contribution in [1.82, 2.24) is 14.5 Å². The molecule has 0 radical (unpaired) electrons. The lowest BCUT2D eigenvalue weighted by Crippen LogP contribution is -2.24. The second kappa shape index (κ2) is 12.1. The predicted molar refractivity (Wildman–Crippen MR) is 169 cm³/mol. The molecule has 7 nitrogen and oxygen atoms in total. The molecule has 0 amide bonds. The van der Waals surface area contributed by atoms with Crippen LogP contribution in [0.15, 0.2) is 78.9 Å². The zero-order valence-electron chi connectivity index (χ0n) is 24.5. The summed E-state index contributed by atoms with van der Waals surface area (Å²) in [7, 11) is 0. The summed E-state index contributed by atoms with van der Waals surface area (Å²) >= 11 is 1.80. The molecule has 220 valence electrons. The molecule has 0 spiro atoms. The van der Waals surface area contributed by atoms with E-state index in [1.165, 1.54) is 26.6 Å². The van der Waals surface area contributed by atoms with Crippen molar-refractivity contribution in [3.63, 3.8) is 0 Å². The SMILES string of the molecule is CCCCn1c(-c2ccccc2)nc(-c2ccc(C)s2)c1CN(Cc1ccc2c(c1)OCO2)Cc1ccc2c(c1)OCO2. The summed E-state index contributed by atoms with van der Waals surface area (Å²) in [5, 5.41) is 0. The van der Waals surface area contributed by atoms with Gasteiger partial charge in [-0.3, -0.25) is 4.90 Å². The number of imidazole rings is 1. The van der Waals surface area contributed by atoms with Gasteiger partial charge in [-0.25, -0.2) is 4.98 Å². The lowest BCUT2D eigenvalue weighted by molar-refractivity contribution is 0.173. The highest BCUT2D eigenvalue weighted by Crippen LogP contribution is 2.37. The van der Waals surface area contributed by atoms with Crippen LogP contribution >= 0.6 is 11.3 Å². The molecule has 0 atom stereocenters. The molecule has 0 bridgehead atoms. The number of unbranched alkanes of at least 4 members (excludes halogenated alkanes) is 1. The smallest absolute Gasteiger partial charge is 0.231 e. The van der Waals surface area contributed by atoms with Crippen molar-refractivity contribution >= 4 is 11.3 Å². The maximum Gasteiger partial charge on any atom is 0.231 e. The summed E-state index contributed by atoms with van der Waals surface area (Å²) in [6.45, 7) is 8.03. The van der Waals surface area contributed by atoms with Crippen molar-refractivity contribution in [3.05, 3.63) is 101 Å². The Morgan fingerprint density at radius 2 is 1.42 bits per heavy atom. The number of nitrogens with zero attached hydrogens (tertiary/aromatic N) is 3. The second-order valence-corrected chi connectivity index (χ2v) is 12.3. The molecule has 2 aliphatic rings. The number of hydrogen-bond donors (Lipinski definition) is 0. The lowest BCUT2D eigenvalue weighted by atomic mass is 10.1. The Balaban J connectivity index is 1.31. The van der Waals surface area contributed by atoms with Crippen molar-refractivity contribution in [1.29, 1.82) is 0 Å². The van der Waals surface area contributed by atoms with Crippen molar-refractivity contribution < 1.29 is 18.9 Å². The van der Waals surface area contributed by atoms with Crippen molar-refractivity contribution in [2.45, 2.75) is 52.9 Å². The number of fused-ring (bicyclic) bond motifs is 2. The van der Waals surface area contributed by atoms with E-state index in [4.69, 9.17) is 23.9 Å². The van der Waals surface area contributed by atoms with E-state index < -0.39 is 0 Å². The number of aromatic nitrogens is 2. The van der Waals surface area contributed by atoms with Crippen LogP contribution in [0, 0.1) is 6.92 Å². The summed E-state index contributed by atoms with van der Waals surface area (Å²) in [5.41, 5.74) is 5.77. The van der Waals surface area contributed by atoms with Crippen LogP contribution in [0.5, 0.6) is 23.0 Å². The third kappa shape index (κ3) is 5.85. The number of rotatable bonds is 11. The summed E-state index contributed by atoms with van der Waals surface area (Å²) in [6, 6.07) is 27.5. The van der Waals surface area contributed by atoms with E-state index in [1.54, 1.807) is 11.3 Å². The molecule has 2 aliphatic heterocycles. The third-order valence-electron chi connectivity index (χ3n) is 7.87. The van der Waals surface area contributed by atoms with Crippen molar-refractivity contribution in [2.24, 2.45) is 0 Å². The molecule has 0 aliphatic carbocycles. The first-order chi connectivity index (χ1) is 21.1. The van der Waals surface area contributed by atoms with Crippen LogP contribution in [0.4, 0.5) is 0 Å². The van der Waals surface area contributed by atoms with Crippen LogP contribution in [-0.4, -0.2) is 28.0 Å². The minimum absolute atomic E-state index is 0.266. The molecule has 0 fully saturated rings. The molecule has 0 N–H and O–H groups in total. The number of thiophene rings is 1. The molecule has 8 heteroatoms. The van der Waals surface area contributed by atoms with E-state index in [9.17, 15) is 0 Å². The first-order valence-corrected chi connectivity index (χ1v) is 15.7. The Labute approximate surface area is 256 Å². The molecule has 5 aromatic rings. The second-order valence-electron chi connectivity index (χ2n) is 11.0. The number of aryl methyl sites for hydroxylation is 1. The van der Waals surface area contributed by atoms with Gasteiger partial charge in [0.05, 0.1) is 10.6 Å². The maximum absolute atomic E-state index is 5.72. The average Bonchev–Trinajstić information content (AvgIpc) is 3.83. The van der Waals surface area contributed by atoms with Crippen LogP contribution in [0.2, 0.25) is 0 Å². The van der Waals surface area contributed by atoms with Gasteiger partial charge in [0.2, 0.25) is 13.6 Å². The van der Waals surface area contributed by atoms with Crippen LogP contribution in [-0.2, 0) is 26.2 Å². The quantitative estimate of drug-likeness (QED) is 0.154. The maximum atomic E-state index is 5.72. The number of benzene rings is 3. The van der Waals surface area contributed by atoms with Gasteiger partial charge < -0.3 is 23.5 Å². The zero-order chi connectivity index (χ0) is 29.2. The molecule has 3 aromatic carbocycles. The first kappa shape index (κ1) is 27.6. The van der Waals surface area contributed by atoms with E-state index in [0.717, 1.165) is 79.1 Å². The van der Waals surface area contributed by atoms with E-state index in [0.29, 0.717) is 0 Å². The normalized spacial score (nSPS) is 13.3. The summed E-state index contributed by atoms with van der Waals surface area (Å²) in [4.78, 5) is 10.3. The van der Waals surface area contributed by atoms with Gasteiger partial charge in [-0.1, -0.05) is 55.8 Å². The fraction of sp³-hybridized carbons (Fsp3) is 0.286. The highest BCUT2D eigenvalue weighted by molar-refractivity contribution is 7.15. The topological polar surface area (TPSA) is 58.0 Å². The Morgan fingerprint density at radius 3 is 2.02 bits per heavy atom. The molecule has 4 heterocycles. The first-order valence-electron chi connectivity index (χ1n) is 14.9. The van der Waals surface area contributed by atoms with Gasteiger partial charge in [0.25, 0.3) is 0 Å². The summed E-state index contributed by atoms with van der Waals surface area (Å²) < 4.78 is 25.1. The number of ether oxygens (including phenoxy) is 4. The zero-order valence-corrected chi connectivity index (χ0v) is 25.4.